The fourth-order valence-electron chi connectivity index (χ4n) is 1.92. The summed E-state index contributed by atoms with van der Waals surface area (Å²) in [5.74, 6) is -0.0216. The first-order valence-electron chi connectivity index (χ1n) is 9.01. The summed E-state index contributed by atoms with van der Waals surface area (Å²) in [5.41, 5.74) is 1.19. The summed E-state index contributed by atoms with van der Waals surface area (Å²) >= 11 is 0. The molecule has 1 aromatic carbocycles. The molecule has 7 nitrogen and oxygen atoms in total. The predicted molar refractivity (Wildman–Crippen MR) is 76.4 cm³/mol. The zero-order valence-corrected chi connectivity index (χ0v) is 11.8. The van der Waals surface area contributed by atoms with Crippen molar-refractivity contribution in [2.24, 2.45) is 0 Å². The molecule has 0 aliphatic carbocycles. The minimum absolute atomic E-state index is 0.0216. The lowest BCUT2D eigenvalue weighted by Crippen LogP contribution is -2.43. The number of hydrogen-bond acceptors (Lipinski definition) is 4. The largest absolute Gasteiger partial charge is 0.756 e. The molecule has 0 saturated heterocycles. The van der Waals surface area contributed by atoms with Gasteiger partial charge >= 0.3 is 0 Å². The fraction of sp³-hybridized carbons (Fsp3) is 0.385. The molecule has 3 N–H and O–H groups in total. The molecule has 0 fully saturated rings. The van der Waals surface area contributed by atoms with Gasteiger partial charge in [-0.25, -0.2) is 0 Å². The highest BCUT2D eigenvalue weighted by Crippen LogP contribution is 2.31. The molecule has 0 radical (unpaired) electrons. The average Bonchev–Trinajstić information content (AvgIpc) is 2.86. The van der Waals surface area contributed by atoms with Crippen LogP contribution in [0, 0.1) is 0 Å². The molecular formula is C13H19N2O5P. The van der Waals surface area contributed by atoms with E-state index >= 15 is 0 Å². The molecule has 0 amide bonds. The maximum absolute atomic E-state index is 10.9. The van der Waals surface area contributed by atoms with Crippen molar-refractivity contribution in [1.82, 2.24) is 4.98 Å². The van der Waals surface area contributed by atoms with Crippen LogP contribution in [0.4, 0.5) is 0 Å². The number of fused-ring (bicyclic) bond motifs is 1. The third-order valence-corrected chi connectivity index (χ3v) is 3.40. The van der Waals surface area contributed by atoms with Gasteiger partial charge in [-0.2, -0.15) is 0 Å². The Kier molecular flexibility index (Phi) is 2.65. The van der Waals surface area contributed by atoms with Crippen molar-refractivity contribution in [1.29, 1.82) is 0 Å². The number of nitrogens with one attached hydrogen (secondary N) is 1. The second kappa shape index (κ2) is 5.79. The van der Waals surface area contributed by atoms with Gasteiger partial charge in [-0.05, 0) is 23.8 Å². The molecule has 8 heteroatoms. The highest BCUT2D eigenvalue weighted by Gasteiger charge is 2.19. The van der Waals surface area contributed by atoms with Gasteiger partial charge in [-0.1, -0.05) is 0 Å². The standard InChI is InChI=1S/C13H19N2O5P/c1-15(2,9-20-21(17,18)19)6-5-10-8-14-13-4-3-11(16)7-12(10)13/h3-4,7-8,14H,5-6,9H2,1-2H3,(H2-,16,17,18,19)/i1D3,2D3. The van der Waals surface area contributed by atoms with Gasteiger partial charge in [-0.15, -0.1) is 0 Å². The summed E-state index contributed by atoms with van der Waals surface area (Å²) in [6, 6.07) is 4.50. The second-order valence-corrected chi connectivity index (χ2v) is 5.91. The Morgan fingerprint density at radius 3 is 2.95 bits per heavy atom. The zero-order valence-electron chi connectivity index (χ0n) is 16.9. The van der Waals surface area contributed by atoms with Crippen LogP contribution >= 0.6 is 7.82 Å². The molecule has 21 heavy (non-hydrogen) atoms. The van der Waals surface area contributed by atoms with E-state index in [0.717, 1.165) is 0 Å². The van der Waals surface area contributed by atoms with Crippen LogP contribution in [0.2, 0.25) is 0 Å². The van der Waals surface area contributed by atoms with Crippen LogP contribution in [0.25, 0.3) is 10.9 Å². The molecule has 1 unspecified atom stereocenters. The van der Waals surface area contributed by atoms with E-state index in [1.165, 1.54) is 12.1 Å². The first-order chi connectivity index (χ1) is 12.2. The predicted octanol–water partition coefficient (Wildman–Crippen LogP) is 0.927. The van der Waals surface area contributed by atoms with Crippen LogP contribution in [-0.4, -0.2) is 46.7 Å². The number of quaternary nitrogens is 1. The average molecular weight is 320 g/mol. The number of aromatic amines is 1. The lowest BCUT2D eigenvalue weighted by molar-refractivity contribution is -0.906. The summed E-state index contributed by atoms with van der Waals surface area (Å²) in [6.45, 7) is -8.13. The van der Waals surface area contributed by atoms with Crippen molar-refractivity contribution in [3.05, 3.63) is 30.0 Å². The first kappa shape index (κ1) is 9.61. The number of phosphoric ester groups is 1. The quantitative estimate of drug-likeness (QED) is 0.417. The van der Waals surface area contributed by atoms with Gasteiger partial charge < -0.3 is 24.4 Å². The third kappa shape index (κ3) is 4.56. The molecule has 1 heterocycles. The van der Waals surface area contributed by atoms with E-state index in [2.05, 4.69) is 9.51 Å². The molecule has 2 rings (SSSR count). The number of hydrogen-bond donors (Lipinski definition) is 3. The number of aromatic hydroxyl groups is 1. The fourth-order valence-corrected chi connectivity index (χ4v) is 2.26. The van der Waals surface area contributed by atoms with Crippen LogP contribution in [-0.2, 0) is 15.5 Å². The Hall–Kier alpha value is -1.37. The highest BCUT2D eigenvalue weighted by atomic mass is 31.2. The van der Waals surface area contributed by atoms with Crippen LogP contribution in [0.5, 0.6) is 5.75 Å². The number of benzene rings is 1. The molecular weight excluding hydrogens is 295 g/mol. The van der Waals surface area contributed by atoms with Gasteiger partial charge in [0.2, 0.25) is 0 Å². The Balaban J connectivity index is 2.41. The molecule has 0 aliphatic rings. The molecule has 116 valence electrons. The molecule has 2 aromatic rings. The van der Waals surface area contributed by atoms with E-state index in [4.69, 9.17) is 13.1 Å². The number of aromatic nitrogens is 1. The van der Waals surface area contributed by atoms with E-state index in [0.29, 0.717) is 16.5 Å². The topological polar surface area (TPSA) is 106 Å². The van der Waals surface area contributed by atoms with Gasteiger partial charge in [-0.3, -0.25) is 9.09 Å². The monoisotopic (exact) mass is 320 g/mol. The minimum atomic E-state index is -5.34. The SMILES string of the molecule is [2H]C([2H])([2H])[N+](CCc1c[nH]c2ccc(O)cc12)(COP(=O)([O-])O)C([2H])([2H])[2H]. The van der Waals surface area contributed by atoms with E-state index in [1.54, 1.807) is 12.3 Å². The summed E-state index contributed by atoms with van der Waals surface area (Å²) in [6.07, 6.45) is 1.47. The van der Waals surface area contributed by atoms with Crippen LogP contribution in [0.1, 0.15) is 13.8 Å². The van der Waals surface area contributed by atoms with Crippen molar-refractivity contribution < 1.29 is 36.7 Å². The Morgan fingerprint density at radius 1 is 1.52 bits per heavy atom. The molecule has 1 atom stereocenters. The van der Waals surface area contributed by atoms with E-state index in [1.807, 2.05) is 0 Å². The molecule has 0 spiro atoms. The number of phosphoric acid groups is 1. The molecule has 0 saturated carbocycles. The zero-order chi connectivity index (χ0) is 20.7. The number of H-pyrrole nitrogens is 1. The summed E-state index contributed by atoms with van der Waals surface area (Å²) in [5, 5.41) is 10.2. The highest BCUT2D eigenvalue weighted by molar-refractivity contribution is 7.44. The molecule has 1 aromatic heterocycles. The van der Waals surface area contributed by atoms with Crippen LogP contribution in [0.3, 0.4) is 0 Å². The van der Waals surface area contributed by atoms with Crippen molar-refractivity contribution >= 4 is 18.7 Å². The van der Waals surface area contributed by atoms with E-state index in [9.17, 15) is 14.6 Å². The lowest BCUT2D eigenvalue weighted by Gasteiger charge is -2.30. The van der Waals surface area contributed by atoms with Crippen molar-refractivity contribution in [3.8, 4) is 5.75 Å². The second-order valence-electron chi connectivity index (χ2n) is 4.71. The molecule has 0 bridgehead atoms. The van der Waals surface area contributed by atoms with E-state index in [-0.39, 0.29) is 12.2 Å². The van der Waals surface area contributed by atoms with Crippen molar-refractivity contribution in [3.63, 3.8) is 0 Å². The summed E-state index contributed by atoms with van der Waals surface area (Å²) in [7, 11) is -5.34. The number of nitrogens with zero attached hydrogens (tertiary/aromatic N) is 1. The molecule has 0 aliphatic heterocycles. The summed E-state index contributed by atoms with van der Waals surface area (Å²) < 4.78 is 59.5. The van der Waals surface area contributed by atoms with E-state index < -0.39 is 39.5 Å². The first-order valence-corrected chi connectivity index (χ1v) is 7.50. The van der Waals surface area contributed by atoms with Crippen LogP contribution in [0.15, 0.2) is 24.4 Å². The normalized spacial score (nSPS) is 20.7. The third-order valence-electron chi connectivity index (χ3n) is 2.96. The van der Waals surface area contributed by atoms with Crippen molar-refractivity contribution in [2.75, 3.05) is 27.2 Å². The Morgan fingerprint density at radius 2 is 2.29 bits per heavy atom. The lowest BCUT2D eigenvalue weighted by atomic mass is 10.1. The maximum atomic E-state index is 10.9. The van der Waals surface area contributed by atoms with Gasteiger partial charge in [0.1, 0.15) is 5.75 Å². The van der Waals surface area contributed by atoms with Crippen LogP contribution < -0.4 is 4.89 Å². The number of phenols is 1. The number of phenolic OH excluding ortho intramolecular Hbond substituents is 1. The maximum Gasteiger partial charge on any atom is 0.269 e. The summed E-state index contributed by atoms with van der Waals surface area (Å²) in [4.78, 5) is 22.7. The van der Waals surface area contributed by atoms with Crippen molar-refractivity contribution in [2.45, 2.75) is 6.42 Å². The Labute approximate surface area is 131 Å². The van der Waals surface area contributed by atoms with Gasteiger partial charge in [0.05, 0.1) is 28.7 Å². The number of rotatable bonds is 6. The van der Waals surface area contributed by atoms with Gasteiger partial charge in [0.25, 0.3) is 7.82 Å². The minimum Gasteiger partial charge on any atom is -0.756 e. The smallest absolute Gasteiger partial charge is 0.269 e. The van der Waals surface area contributed by atoms with Gasteiger partial charge in [0.15, 0.2) is 6.73 Å². The Bertz CT molecular complexity index is 845. The van der Waals surface area contributed by atoms with Gasteiger partial charge in [0, 0.05) is 23.5 Å². The number of likely N-dealkylation sites (N-methyl/N-ethyl adjacent to an activating group) is 1.